The molecule has 4 heteroatoms. The van der Waals surface area contributed by atoms with Crippen molar-refractivity contribution >= 4 is 28.9 Å². The molecule has 0 amide bonds. The molecular formula is C16H14Cl2FN. The first kappa shape index (κ1) is 13.7. The number of nitrogens with one attached hydrogen (secondary N) is 1. The van der Waals surface area contributed by atoms with E-state index < -0.39 is 0 Å². The summed E-state index contributed by atoms with van der Waals surface area (Å²) in [6, 6.07) is 12.9. The fourth-order valence-corrected chi connectivity index (χ4v) is 2.96. The van der Waals surface area contributed by atoms with E-state index in [1.807, 2.05) is 12.1 Å². The summed E-state index contributed by atoms with van der Waals surface area (Å²) in [6.45, 7) is 0. The Balaban J connectivity index is 1.59. The van der Waals surface area contributed by atoms with Crippen LogP contribution >= 0.6 is 23.2 Å². The van der Waals surface area contributed by atoms with E-state index in [1.54, 1.807) is 6.07 Å². The standard InChI is InChI=1S/C16H14Cl2FN/c17-12-3-1-10(2-4-12)11-5-15(6-11)20-16-8-13(18)7-14(19)9-16/h1-4,7-9,11,15,20H,5-6H2. The molecule has 104 valence electrons. The summed E-state index contributed by atoms with van der Waals surface area (Å²) in [5, 5.41) is 4.50. The lowest BCUT2D eigenvalue weighted by molar-refractivity contribution is 0.374. The minimum absolute atomic E-state index is 0.312. The molecule has 0 radical (unpaired) electrons. The van der Waals surface area contributed by atoms with Crippen LogP contribution in [0, 0.1) is 5.82 Å². The van der Waals surface area contributed by atoms with Crippen molar-refractivity contribution in [3.63, 3.8) is 0 Å². The van der Waals surface area contributed by atoms with E-state index >= 15 is 0 Å². The van der Waals surface area contributed by atoms with Crippen LogP contribution in [0.4, 0.5) is 10.1 Å². The van der Waals surface area contributed by atoms with Crippen LogP contribution in [-0.4, -0.2) is 6.04 Å². The van der Waals surface area contributed by atoms with Gasteiger partial charge in [-0.3, -0.25) is 0 Å². The highest BCUT2D eigenvalue weighted by atomic mass is 35.5. The summed E-state index contributed by atoms with van der Waals surface area (Å²) in [5.74, 6) is 0.238. The Morgan fingerprint density at radius 2 is 1.65 bits per heavy atom. The first-order chi connectivity index (χ1) is 9.60. The number of halogens is 3. The van der Waals surface area contributed by atoms with E-state index in [1.165, 1.54) is 17.7 Å². The molecule has 1 aliphatic rings. The third-order valence-corrected chi connectivity index (χ3v) is 4.18. The van der Waals surface area contributed by atoms with Crippen LogP contribution in [0.1, 0.15) is 24.3 Å². The van der Waals surface area contributed by atoms with Crippen LogP contribution in [-0.2, 0) is 0 Å². The molecule has 1 nitrogen and oxygen atoms in total. The molecular weight excluding hydrogens is 296 g/mol. The Kier molecular flexibility index (Phi) is 3.86. The Morgan fingerprint density at radius 3 is 2.30 bits per heavy atom. The second-order valence-corrected chi connectivity index (χ2v) is 6.09. The number of anilines is 1. The van der Waals surface area contributed by atoms with Gasteiger partial charge in [0.2, 0.25) is 0 Å². The number of rotatable bonds is 3. The van der Waals surface area contributed by atoms with Gasteiger partial charge < -0.3 is 5.32 Å². The van der Waals surface area contributed by atoms with Crippen LogP contribution in [0.3, 0.4) is 0 Å². The van der Waals surface area contributed by atoms with Gasteiger partial charge in [-0.1, -0.05) is 35.3 Å². The fourth-order valence-electron chi connectivity index (χ4n) is 2.62. The van der Waals surface area contributed by atoms with Crippen molar-refractivity contribution in [3.05, 3.63) is 63.9 Å². The zero-order valence-corrected chi connectivity index (χ0v) is 12.3. The molecule has 0 saturated heterocycles. The molecule has 0 heterocycles. The van der Waals surface area contributed by atoms with E-state index in [2.05, 4.69) is 17.4 Å². The molecule has 1 aliphatic carbocycles. The molecule has 0 aliphatic heterocycles. The van der Waals surface area contributed by atoms with Gasteiger partial charge in [0.15, 0.2) is 0 Å². The first-order valence-electron chi connectivity index (χ1n) is 6.58. The van der Waals surface area contributed by atoms with Gasteiger partial charge in [-0.15, -0.1) is 0 Å². The lowest BCUT2D eigenvalue weighted by Gasteiger charge is -2.37. The van der Waals surface area contributed by atoms with Gasteiger partial charge >= 0.3 is 0 Å². The number of hydrogen-bond donors (Lipinski definition) is 1. The molecule has 1 saturated carbocycles. The first-order valence-corrected chi connectivity index (χ1v) is 7.34. The van der Waals surface area contributed by atoms with Gasteiger partial charge in [0.25, 0.3) is 0 Å². The molecule has 2 aromatic rings. The minimum atomic E-state index is -0.312. The molecule has 0 unspecified atom stereocenters. The van der Waals surface area contributed by atoms with Crippen molar-refractivity contribution in [1.82, 2.24) is 0 Å². The van der Waals surface area contributed by atoms with Crippen molar-refractivity contribution in [3.8, 4) is 0 Å². The Hall–Kier alpha value is -1.25. The topological polar surface area (TPSA) is 12.0 Å². The summed E-state index contributed by atoms with van der Waals surface area (Å²) in [7, 11) is 0. The minimum Gasteiger partial charge on any atom is -0.382 e. The zero-order valence-electron chi connectivity index (χ0n) is 10.7. The average molecular weight is 310 g/mol. The van der Waals surface area contributed by atoms with Crippen LogP contribution in [0.25, 0.3) is 0 Å². The molecule has 1 fully saturated rings. The Morgan fingerprint density at radius 1 is 0.950 bits per heavy atom. The largest absolute Gasteiger partial charge is 0.382 e. The molecule has 2 aromatic carbocycles. The fraction of sp³-hybridized carbons (Fsp3) is 0.250. The van der Waals surface area contributed by atoms with Crippen molar-refractivity contribution in [2.24, 2.45) is 0 Å². The number of hydrogen-bond acceptors (Lipinski definition) is 1. The Bertz CT molecular complexity index is 586. The monoisotopic (exact) mass is 309 g/mol. The van der Waals surface area contributed by atoms with E-state index in [0.717, 1.165) is 23.6 Å². The summed E-state index contributed by atoms with van der Waals surface area (Å²) in [6.07, 6.45) is 2.07. The molecule has 0 aromatic heterocycles. The molecule has 1 N–H and O–H groups in total. The summed E-state index contributed by atoms with van der Waals surface area (Å²) in [4.78, 5) is 0. The maximum absolute atomic E-state index is 13.2. The van der Waals surface area contributed by atoms with Crippen molar-refractivity contribution < 1.29 is 4.39 Å². The van der Waals surface area contributed by atoms with E-state index in [0.29, 0.717) is 17.0 Å². The summed E-state index contributed by atoms with van der Waals surface area (Å²) >= 11 is 11.7. The normalized spacial score (nSPS) is 21.4. The predicted octanol–water partition coefficient (Wildman–Crippen LogP) is 5.49. The van der Waals surface area contributed by atoms with Crippen LogP contribution in [0.5, 0.6) is 0 Å². The van der Waals surface area contributed by atoms with E-state index in [-0.39, 0.29) is 5.82 Å². The third kappa shape index (κ3) is 3.08. The molecule has 0 spiro atoms. The van der Waals surface area contributed by atoms with Crippen molar-refractivity contribution in [2.75, 3.05) is 5.32 Å². The predicted molar refractivity (Wildman–Crippen MR) is 82.2 cm³/mol. The highest BCUT2D eigenvalue weighted by molar-refractivity contribution is 6.31. The van der Waals surface area contributed by atoms with Gasteiger partial charge in [0.1, 0.15) is 5.82 Å². The quantitative estimate of drug-likeness (QED) is 0.790. The van der Waals surface area contributed by atoms with Crippen LogP contribution in [0.15, 0.2) is 42.5 Å². The van der Waals surface area contributed by atoms with E-state index in [9.17, 15) is 4.39 Å². The molecule has 3 rings (SSSR count). The van der Waals surface area contributed by atoms with Gasteiger partial charge in [-0.25, -0.2) is 4.39 Å². The van der Waals surface area contributed by atoms with Crippen LogP contribution < -0.4 is 5.32 Å². The number of benzene rings is 2. The smallest absolute Gasteiger partial charge is 0.126 e. The van der Waals surface area contributed by atoms with Crippen LogP contribution in [0.2, 0.25) is 10.0 Å². The second kappa shape index (κ2) is 5.63. The molecule has 0 atom stereocenters. The van der Waals surface area contributed by atoms with E-state index in [4.69, 9.17) is 23.2 Å². The lowest BCUT2D eigenvalue weighted by Crippen LogP contribution is -2.34. The SMILES string of the molecule is Fc1cc(Cl)cc(NC2CC(c3ccc(Cl)cc3)C2)c1. The van der Waals surface area contributed by atoms with Crippen molar-refractivity contribution in [1.29, 1.82) is 0 Å². The lowest BCUT2D eigenvalue weighted by atomic mass is 9.76. The summed E-state index contributed by atoms with van der Waals surface area (Å²) in [5.41, 5.74) is 2.05. The van der Waals surface area contributed by atoms with Gasteiger partial charge in [-0.05, 0) is 54.7 Å². The summed E-state index contributed by atoms with van der Waals surface area (Å²) < 4.78 is 13.2. The van der Waals surface area contributed by atoms with Crippen molar-refractivity contribution in [2.45, 2.75) is 24.8 Å². The highest BCUT2D eigenvalue weighted by Gasteiger charge is 2.30. The van der Waals surface area contributed by atoms with Gasteiger partial charge in [0.05, 0.1) is 0 Å². The van der Waals surface area contributed by atoms with Gasteiger partial charge in [-0.2, -0.15) is 0 Å². The zero-order chi connectivity index (χ0) is 14.1. The third-order valence-electron chi connectivity index (χ3n) is 3.71. The second-order valence-electron chi connectivity index (χ2n) is 5.22. The maximum atomic E-state index is 13.2. The molecule has 0 bridgehead atoms. The highest BCUT2D eigenvalue weighted by Crippen LogP contribution is 2.39. The van der Waals surface area contributed by atoms with Gasteiger partial charge in [0, 0.05) is 21.8 Å². The maximum Gasteiger partial charge on any atom is 0.126 e. The average Bonchev–Trinajstić information content (AvgIpc) is 2.33. The molecule has 20 heavy (non-hydrogen) atoms. The Labute approximate surface area is 127 Å².